The van der Waals surface area contributed by atoms with Crippen LogP contribution in [0.1, 0.15) is 5.56 Å². The molecule has 0 aliphatic carbocycles. The summed E-state index contributed by atoms with van der Waals surface area (Å²) in [5, 5.41) is 10.9. The van der Waals surface area contributed by atoms with Crippen LogP contribution in [0.5, 0.6) is 0 Å². The maximum absolute atomic E-state index is 10.4. The molecule has 2 rings (SSSR count). The Bertz CT molecular complexity index is 584. The number of nitrogens with two attached hydrogens (primary N) is 1. The summed E-state index contributed by atoms with van der Waals surface area (Å²) in [6, 6.07) is 13.3. The molecule has 1 heterocycles. The molecule has 4 N–H and O–H groups in total. The van der Waals surface area contributed by atoms with Gasteiger partial charge in [-0.2, -0.15) is 0 Å². The number of nitrogens with one attached hydrogen (secondary N) is 1. The largest absolute Gasteiger partial charge is 0.465 e. The molecular formula is C14H15N3O2. The van der Waals surface area contributed by atoms with Gasteiger partial charge in [-0.3, -0.25) is 0 Å². The van der Waals surface area contributed by atoms with Crippen molar-refractivity contribution in [3.05, 3.63) is 48.0 Å². The smallest absolute Gasteiger partial charge is 0.404 e. The molecule has 0 saturated heterocycles. The molecule has 1 aromatic carbocycles. The normalized spacial score (nSPS) is 10.1. The Morgan fingerprint density at radius 1 is 1.26 bits per heavy atom. The highest BCUT2D eigenvalue weighted by Gasteiger charge is 2.02. The molecule has 0 bridgehead atoms. The van der Waals surface area contributed by atoms with E-state index in [1.807, 2.05) is 36.4 Å². The highest BCUT2D eigenvalue weighted by molar-refractivity contribution is 5.64. The van der Waals surface area contributed by atoms with E-state index >= 15 is 0 Å². The lowest BCUT2D eigenvalue weighted by Gasteiger charge is -2.06. The fourth-order valence-electron chi connectivity index (χ4n) is 1.81. The van der Waals surface area contributed by atoms with Gasteiger partial charge in [0.15, 0.2) is 0 Å². The van der Waals surface area contributed by atoms with E-state index in [1.165, 1.54) is 0 Å². The number of hydrogen-bond acceptors (Lipinski definition) is 3. The molecule has 0 atom stereocenters. The van der Waals surface area contributed by atoms with E-state index in [0.717, 1.165) is 16.8 Å². The van der Waals surface area contributed by atoms with E-state index in [-0.39, 0.29) is 0 Å². The Labute approximate surface area is 111 Å². The lowest BCUT2D eigenvalue weighted by molar-refractivity contribution is 0.194. The van der Waals surface area contributed by atoms with Gasteiger partial charge in [0.25, 0.3) is 0 Å². The number of amides is 1. The van der Waals surface area contributed by atoms with Crippen LogP contribution in [0.25, 0.3) is 11.3 Å². The van der Waals surface area contributed by atoms with Gasteiger partial charge in [-0.15, -0.1) is 0 Å². The van der Waals surface area contributed by atoms with Crippen molar-refractivity contribution in [3.8, 4) is 11.3 Å². The predicted octanol–water partition coefficient (Wildman–Crippen LogP) is 2.14. The number of rotatable bonds is 4. The topological polar surface area (TPSA) is 88.2 Å². The van der Waals surface area contributed by atoms with Crippen molar-refractivity contribution < 1.29 is 9.90 Å². The minimum atomic E-state index is -1.01. The fraction of sp³-hybridized carbons (Fsp3) is 0.143. The summed E-state index contributed by atoms with van der Waals surface area (Å²) in [5.41, 5.74) is 8.50. The van der Waals surface area contributed by atoms with Gasteiger partial charge >= 0.3 is 6.09 Å². The average Bonchev–Trinajstić information content (AvgIpc) is 2.39. The minimum Gasteiger partial charge on any atom is -0.465 e. The molecule has 0 radical (unpaired) electrons. The molecular weight excluding hydrogens is 242 g/mol. The molecule has 1 aromatic heterocycles. The molecule has 5 nitrogen and oxygen atoms in total. The molecule has 0 aliphatic rings. The van der Waals surface area contributed by atoms with Crippen LogP contribution in [0.3, 0.4) is 0 Å². The van der Waals surface area contributed by atoms with Crippen LogP contribution in [0.15, 0.2) is 42.5 Å². The van der Waals surface area contributed by atoms with Crippen LogP contribution >= 0.6 is 0 Å². The maximum atomic E-state index is 10.4. The number of hydrogen-bond donors (Lipinski definition) is 3. The quantitative estimate of drug-likeness (QED) is 0.783. The van der Waals surface area contributed by atoms with Crippen LogP contribution in [0, 0.1) is 0 Å². The SMILES string of the molecule is Nc1cccc(-c2cccc(CCNC(=O)O)c2)n1. The van der Waals surface area contributed by atoms with Crippen molar-refractivity contribution in [2.75, 3.05) is 12.3 Å². The Balaban J connectivity index is 2.13. The zero-order valence-electron chi connectivity index (χ0n) is 10.3. The summed E-state index contributed by atoms with van der Waals surface area (Å²) in [6.45, 7) is 0.392. The van der Waals surface area contributed by atoms with Crippen LogP contribution < -0.4 is 11.1 Å². The number of carbonyl (C=O) groups is 1. The molecule has 0 spiro atoms. The molecule has 0 unspecified atom stereocenters. The van der Waals surface area contributed by atoms with Crippen LogP contribution in [0.4, 0.5) is 10.6 Å². The summed E-state index contributed by atoms with van der Waals surface area (Å²) in [5.74, 6) is 0.482. The predicted molar refractivity (Wildman–Crippen MR) is 73.8 cm³/mol. The Hall–Kier alpha value is -2.56. The molecule has 19 heavy (non-hydrogen) atoms. The fourth-order valence-corrected chi connectivity index (χ4v) is 1.81. The second-order valence-electron chi connectivity index (χ2n) is 4.13. The summed E-state index contributed by atoms with van der Waals surface area (Å²) in [7, 11) is 0. The summed E-state index contributed by atoms with van der Waals surface area (Å²) < 4.78 is 0. The minimum absolute atomic E-state index is 0.392. The first-order valence-corrected chi connectivity index (χ1v) is 5.94. The first-order chi connectivity index (χ1) is 9.15. The Morgan fingerprint density at radius 2 is 2.05 bits per heavy atom. The molecule has 0 saturated carbocycles. The third-order valence-electron chi connectivity index (χ3n) is 2.68. The van der Waals surface area contributed by atoms with Crippen LogP contribution in [0.2, 0.25) is 0 Å². The number of aromatic nitrogens is 1. The van der Waals surface area contributed by atoms with E-state index < -0.39 is 6.09 Å². The van der Waals surface area contributed by atoms with Gasteiger partial charge in [-0.05, 0) is 30.2 Å². The van der Waals surface area contributed by atoms with E-state index in [9.17, 15) is 4.79 Å². The second kappa shape index (κ2) is 5.86. The maximum Gasteiger partial charge on any atom is 0.404 e. The molecule has 0 fully saturated rings. The van der Waals surface area contributed by atoms with E-state index in [4.69, 9.17) is 10.8 Å². The summed E-state index contributed by atoms with van der Waals surface area (Å²) in [4.78, 5) is 14.6. The standard InChI is InChI=1S/C14H15N3O2/c15-13-6-2-5-12(17-13)11-4-1-3-10(9-11)7-8-16-14(18)19/h1-6,9,16H,7-8H2,(H2,15,17)(H,18,19). The van der Waals surface area contributed by atoms with Gasteiger partial charge in [0.1, 0.15) is 5.82 Å². The van der Waals surface area contributed by atoms with E-state index in [1.54, 1.807) is 6.07 Å². The summed E-state index contributed by atoms with van der Waals surface area (Å²) >= 11 is 0. The van der Waals surface area contributed by atoms with Gasteiger partial charge in [0, 0.05) is 12.1 Å². The highest BCUT2D eigenvalue weighted by Crippen LogP contribution is 2.19. The van der Waals surface area contributed by atoms with Crippen LogP contribution in [-0.2, 0) is 6.42 Å². The van der Waals surface area contributed by atoms with Crippen molar-refractivity contribution in [2.45, 2.75) is 6.42 Å². The molecule has 98 valence electrons. The van der Waals surface area contributed by atoms with E-state index in [2.05, 4.69) is 10.3 Å². The average molecular weight is 257 g/mol. The van der Waals surface area contributed by atoms with Gasteiger partial charge in [0.05, 0.1) is 5.69 Å². The summed E-state index contributed by atoms with van der Waals surface area (Å²) in [6.07, 6.45) is -0.365. The van der Waals surface area contributed by atoms with Crippen molar-refractivity contribution in [2.24, 2.45) is 0 Å². The number of nitrogen functional groups attached to an aromatic ring is 1. The number of nitrogens with zero attached hydrogens (tertiary/aromatic N) is 1. The van der Waals surface area contributed by atoms with Crippen molar-refractivity contribution in [1.29, 1.82) is 0 Å². The molecule has 2 aromatic rings. The first kappa shape index (κ1) is 12.9. The number of pyridine rings is 1. The third-order valence-corrected chi connectivity index (χ3v) is 2.68. The number of benzene rings is 1. The Morgan fingerprint density at radius 3 is 2.79 bits per heavy atom. The lowest BCUT2D eigenvalue weighted by Crippen LogP contribution is -2.23. The van der Waals surface area contributed by atoms with Gasteiger partial charge < -0.3 is 16.2 Å². The van der Waals surface area contributed by atoms with Crippen LogP contribution in [-0.4, -0.2) is 22.7 Å². The zero-order valence-corrected chi connectivity index (χ0v) is 10.3. The monoisotopic (exact) mass is 257 g/mol. The van der Waals surface area contributed by atoms with Gasteiger partial charge in [-0.25, -0.2) is 9.78 Å². The van der Waals surface area contributed by atoms with Crippen molar-refractivity contribution >= 4 is 11.9 Å². The molecule has 0 aliphatic heterocycles. The number of anilines is 1. The van der Waals surface area contributed by atoms with E-state index in [0.29, 0.717) is 18.8 Å². The third kappa shape index (κ3) is 3.70. The number of carboxylic acid groups (broad SMARTS) is 1. The first-order valence-electron chi connectivity index (χ1n) is 5.94. The van der Waals surface area contributed by atoms with Crippen molar-refractivity contribution in [3.63, 3.8) is 0 Å². The van der Waals surface area contributed by atoms with Crippen molar-refractivity contribution in [1.82, 2.24) is 10.3 Å². The Kier molecular flexibility index (Phi) is 3.97. The lowest BCUT2D eigenvalue weighted by atomic mass is 10.1. The second-order valence-corrected chi connectivity index (χ2v) is 4.13. The van der Waals surface area contributed by atoms with Gasteiger partial charge in [-0.1, -0.05) is 24.3 Å². The molecule has 5 heteroatoms. The van der Waals surface area contributed by atoms with Gasteiger partial charge in [0.2, 0.25) is 0 Å². The highest BCUT2D eigenvalue weighted by atomic mass is 16.4. The molecule has 1 amide bonds. The zero-order chi connectivity index (χ0) is 13.7.